The number of rotatable bonds is 8. The van der Waals surface area contributed by atoms with Gasteiger partial charge in [0, 0.05) is 11.6 Å². The second-order valence-electron chi connectivity index (χ2n) is 6.76. The average molecular weight is 436 g/mol. The van der Waals surface area contributed by atoms with Crippen molar-refractivity contribution in [2.45, 2.75) is 6.92 Å². The number of carbonyl (C=O) groups is 2. The number of methoxy groups -OCH3 is 3. The highest BCUT2D eigenvalue weighted by atomic mass is 16.5. The number of aryl methyl sites for hydroxylation is 1. The minimum Gasteiger partial charge on any atom is -0.495 e. The van der Waals surface area contributed by atoms with Crippen LogP contribution < -0.4 is 24.8 Å². The van der Waals surface area contributed by atoms with Crippen LogP contribution in [0.1, 0.15) is 21.7 Å². The number of hydrogen-bond donors (Lipinski definition) is 2. The summed E-state index contributed by atoms with van der Waals surface area (Å²) in [7, 11) is 4.49. The number of anilines is 1. The van der Waals surface area contributed by atoms with Gasteiger partial charge in [-0.1, -0.05) is 6.07 Å². The summed E-state index contributed by atoms with van der Waals surface area (Å²) in [5, 5.41) is 5.42. The Kier molecular flexibility index (Phi) is 7.17. The van der Waals surface area contributed by atoms with E-state index >= 15 is 0 Å². The first kappa shape index (κ1) is 22.5. The molecular weight excluding hydrogens is 412 g/mol. The smallest absolute Gasteiger partial charge is 0.272 e. The Bertz CT molecular complexity index is 1140. The van der Waals surface area contributed by atoms with Crippen LogP contribution in [0, 0.1) is 6.92 Å². The summed E-state index contributed by atoms with van der Waals surface area (Å²) >= 11 is 0. The van der Waals surface area contributed by atoms with Crippen molar-refractivity contribution in [3.8, 4) is 17.2 Å². The molecule has 0 bridgehead atoms. The van der Waals surface area contributed by atoms with Gasteiger partial charge in [0.1, 0.15) is 17.2 Å². The van der Waals surface area contributed by atoms with Gasteiger partial charge in [-0.3, -0.25) is 9.59 Å². The van der Waals surface area contributed by atoms with E-state index in [9.17, 15) is 9.59 Å². The van der Waals surface area contributed by atoms with Gasteiger partial charge in [0.05, 0.1) is 33.3 Å². The van der Waals surface area contributed by atoms with Crippen LogP contribution in [0.5, 0.6) is 17.2 Å². The van der Waals surface area contributed by atoms with Crippen LogP contribution in [0.4, 0.5) is 5.69 Å². The van der Waals surface area contributed by atoms with E-state index in [4.69, 9.17) is 18.6 Å². The van der Waals surface area contributed by atoms with Gasteiger partial charge in [-0.15, -0.1) is 0 Å². The van der Waals surface area contributed by atoms with E-state index in [1.807, 2.05) is 13.0 Å². The standard InChI is InChI=1S/C24H24N2O6/c1-15-7-9-20(29-2)18(12-15)25-24(28)19(14-17-6-5-11-32-17)26-23(27)16-8-10-21(30-3)22(13-16)31-4/h5-14H,1-4H3,(H,25,28)(H,26,27)/b19-14-. The largest absolute Gasteiger partial charge is 0.495 e. The number of carbonyl (C=O) groups excluding carboxylic acids is 2. The minimum atomic E-state index is -0.542. The van der Waals surface area contributed by atoms with Crippen LogP contribution in [0.2, 0.25) is 0 Å². The Hall–Kier alpha value is -4.20. The molecule has 0 saturated carbocycles. The Morgan fingerprint density at radius 3 is 2.28 bits per heavy atom. The molecule has 0 aliphatic rings. The van der Waals surface area contributed by atoms with Gasteiger partial charge in [-0.05, 0) is 55.0 Å². The molecule has 0 spiro atoms. The van der Waals surface area contributed by atoms with Gasteiger partial charge in [-0.25, -0.2) is 0 Å². The molecule has 8 nitrogen and oxygen atoms in total. The highest BCUT2D eigenvalue weighted by Crippen LogP contribution is 2.28. The minimum absolute atomic E-state index is 0.0108. The van der Waals surface area contributed by atoms with Crippen LogP contribution in [0.15, 0.2) is 64.9 Å². The molecule has 2 N–H and O–H groups in total. The van der Waals surface area contributed by atoms with Crippen molar-refractivity contribution in [2.24, 2.45) is 0 Å². The number of furan rings is 1. The maximum absolute atomic E-state index is 13.1. The molecule has 2 amide bonds. The number of hydrogen-bond acceptors (Lipinski definition) is 6. The van der Waals surface area contributed by atoms with Crippen molar-refractivity contribution in [1.29, 1.82) is 0 Å². The van der Waals surface area contributed by atoms with E-state index in [0.717, 1.165) is 5.56 Å². The van der Waals surface area contributed by atoms with Crippen LogP contribution in [0.3, 0.4) is 0 Å². The highest BCUT2D eigenvalue weighted by Gasteiger charge is 2.18. The van der Waals surface area contributed by atoms with E-state index in [-0.39, 0.29) is 11.3 Å². The zero-order valence-corrected chi connectivity index (χ0v) is 18.2. The molecule has 0 aliphatic carbocycles. The first-order valence-electron chi connectivity index (χ1n) is 9.69. The lowest BCUT2D eigenvalue weighted by molar-refractivity contribution is -0.113. The zero-order valence-electron chi connectivity index (χ0n) is 18.2. The van der Waals surface area contributed by atoms with E-state index in [1.165, 1.54) is 39.7 Å². The Morgan fingerprint density at radius 1 is 0.906 bits per heavy atom. The number of benzene rings is 2. The summed E-state index contributed by atoms with van der Waals surface area (Å²) in [4.78, 5) is 26.0. The number of amides is 2. The lowest BCUT2D eigenvalue weighted by Crippen LogP contribution is -2.30. The third-order valence-electron chi connectivity index (χ3n) is 4.57. The van der Waals surface area contributed by atoms with E-state index in [2.05, 4.69) is 10.6 Å². The van der Waals surface area contributed by atoms with Gasteiger partial charge in [0.25, 0.3) is 11.8 Å². The van der Waals surface area contributed by atoms with Gasteiger partial charge in [-0.2, -0.15) is 0 Å². The average Bonchev–Trinajstić information content (AvgIpc) is 3.31. The summed E-state index contributed by atoms with van der Waals surface area (Å²) in [6.07, 6.45) is 2.91. The molecule has 1 heterocycles. The van der Waals surface area contributed by atoms with Crippen LogP contribution in [-0.4, -0.2) is 33.1 Å². The fourth-order valence-corrected chi connectivity index (χ4v) is 2.96. The Balaban J connectivity index is 1.89. The molecule has 0 radical (unpaired) electrons. The predicted molar refractivity (Wildman–Crippen MR) is 120 cm³/mol. The Labute approximate surface area is 185 Å². The molecule has 1 aromatic heterocycles. The lowest BCUT2D eigenvalue weighted by Gasteiger charge is -2.14. The van der Waals surface area contributed by atoms with Gasteiger partial charge < -0.3 is 29.3 Å². The molecule has 0 unspecified atom stereocenters. The normalized spacial score (nSPS) is 10.9. The zero-order chi connectivity index (χ0) is 23.1. The summed E-state index contributed by atoms with van der Waals surface area (Å²) in [6, 6.07) is 13.5. The second-order valence-corrected chi connectivity index (χ2v) is 6.76. The molecule has 3 aromatic rings. The molecule has 0 fully saturated rings. The SMILES string of the molecule is COc1ccc(C)cc1NC(=O)/C(=C/c1ccco1)NC(=O)c1ccc(OC)c(OC)c1. The topological polar surface area (TPSA) is 99.0 Å². The summed E-state index contributed by atoms with van der Waals surface area (Å²) in [5.41, 5.74) is 1.69. The molecule has 0 saturated heterocycles. The van der Waals surface area contributed by atoms with Gasteiger partial charge in [0.2, 0.25) is 0 Å². The van der Waals surface area contributed by atoms with Gasteiger partial charge >= 0.3 is 0 Å². The van der Waals surface area contributed by atoms with Crippen molar-refractivity contribution in [2.75, 3.05) is 26.6 Å². The third kappa shape index (κ3) is 5.28. The predicted octanol–water partition coefficient (Wildman–Crippen LogP) is 4.02. The van der Waals surface area contributed by atoms with Crippen molar-refractivity contribution in [1.82, 2.24) is 5.32 Å². The quantitative estimate of drug-likeness (QED) is 0.518. The monoisotopic (exact) mass is 436 g/mol. The maximum Gasteiger partial charge on any atom is 0.272 e. The number of nitrogens with one attached hydrogen (secondary N) is 2. The first-order chi connectivity index (χ1) is 15.4. The molecule has 0 atom stereocenters. The molecule has 2 aromatic carbocycles. The summed E-state index contributed by atoms with van der Waals surface area (Å²) in [5.74, 6) is 0.728. The highest BCUT2D eigenvalue weighted by molar-refractivity contribution is 6.11. The fraction of sp³-hybridized carbons (Fsp3) is 0.167. The molecule has 32 heavy (non-hydrogen) atoms. The van der Waals surface area contributed by atoms with Gasteiger partial charge in [0.15, 0.2) is 11.5 Å². The van der Waals surface area contributed by atoms with E-state index in [1.54, 1.807) is 36.4 Å². The van der Waals surface area contributed by atoms with Crippen LogP contribution in [0.25, 0.3) is 6.08 Å². The van der Waals surface area contributed by atoms with Crippen molar-refractivity contribution < 1.29 is 28.2 Å². The lowest BCUT2D eigenvalue weighted by atomic mass is 10.1. The van der Waals surface area contributed by atoms with E-state index < -0.39 is 11.8 Å². The Morgan fingerprint density at radius 2 is 1.62 bits per heavy atom. The molecule has 3 rings (SSSR count). The summed E-state index contributed by atoms with van der Waals surface area (Å²) in [6.45, 7) is 1.90. The fourth-order valence-electron chi connectivity index (χ4n) is 2.96. The number of ether oxygens (including phenoxy) is 3. The first-order valence-corrected chi connectivity index (χ1v) is 9.69. The maximum atomic E-state index is 13.1. The van der Waals surface area contributed by atoms with E-state index in [0.29, 0.717) is 28.7 Å². The molecule has 0 aliphatic heterocycles. The van der Waals surface area contributed by atoms with Crippen LogP contribution >= 0.6 is 0 Å². The van der Waals surface area contributed by atoms with Crippen LogP contribution in [-0.2, 0) is 4.79 Å². The third-order valence-corrected chi connectivity index (χ3v) is 4.57. The second kappa shape index (κ2) is 10.2. The van der Waals surface area contributed by atoms with Crippen molar-refractivity contribution >= 4 is 23.6 Å². The molecular formula is C24H24N2O6. The van der Waals surface area contributed by atoms with Crippen molar-refractivity contribution in [3.05, 3.63) is 77.4 Å². The van der Waals surface area contributed by atoms with Crippen molar-refractivity contribution in [3.63, 3.8) is 0 Å². The molecule has 166 valence electrons. The summed E-state index contributed by atoms with van der Waals surface area (Å²) < 4.78 is 21.1. The molecule has 8 heteroatoms.